The van der Waals surface area contributed by atoms with Gasteiger partial charge in [-0.05, 0) is 36.8 Å². The van der Waals surface area contributed by atoms with E-state index in [1.54, 1.807) is 24.3 Å². The van der Waals surface area contributed by atoms with Crippen molar-refractivity contribution in [1.29, 1.82) is 0 Å². The molecule has 0 saturated heterocycles. The number of aliphatic carboxylic acids is 1. The number of hydrogen-bond donors (Lipinski definition) is 1. The standard InChI is InChI=1S/C12H14N2O4.K/c1-2-18-10-5-3-9(4-6-10)8-13-14-11(15)7-12(16)17;/h3-6,8H,2,7H2,1H3,(H,14,15)(H,16,17);/q;+1/p-1/b13-8+;. The van der Waals surface area contributed by atoms with Crippen molar-refractivity contribution < 1.29 is 70.8 Å². The van der Waals surface area contributed by atoms with Crippen molar-refractivity contribution in [3.63, 3.8) is 0 Å². The fraction of sp³-hybridized carbons (Fsp3) is 0.250. The van der Waals surface area contributed by atoms with Gasteiger partial charge < -0.3 is 14.6 Å². The molecule has 19 heavy (non-hydrogen) atoms. The maximum Gasteiger partial charge on any atom is 1.00 e. The molecule has 96 valence electrons. The minimum atomic E-state index is -1.44. The number of carboxylic acid groups (broad SMARTS) is 1. The van der Waals surface area contributed by atoms with E-state index in [0.29, 0.717) is 6.61 Å². The van der Waals surface area contributed by atoms with Crippen molar-refractivity contribution >= 4 is 18.1 Å². The van der Waals surface area contributed by atoms with Crippen LogP contribution in [0.5, 0.6) is 5.75 Å². The molecule has 0 heterocycles. The summed E-state index contributed by atoms with van der Waals surface area (Å²) in [4.78, 5) is 21.0. The molecule has 0 unspecified atom stereocenters. The number of rotatable bonds is 6. The summed E-state index contributed by atoms with van der Waals surface area (Å²) < 4.78 is 5.26. The Bertz CT molecular complexity index is 446. The van der Waals surface area contributed by atoms with Gasteiger partial charge >= 0.3 is 51.4 Å². The number of benzene rings is 1. The Morgan fingerprint density at radius 3 is 2.53 bits per heavy atom. The minimum Gasteiger partial charge on any atom is -0.550 e. The fourth-order valence-electron chi connectivity index (χ4n) is 1.17. The molecule has 1 rings (SSSR count). The average molecular weight is 288 g/mol. The van der Waals surface area contributed by atoms with Crippen molar-refractivity contribution in [1.82, 2.24) is 5.43 Å². The van der Waals surface area contributed by atoms with Crippen LogP contribution in [-0.4, -0.2) is 24.7 Å². The van der Waals surface area contributed by atoms with E-state index in [-0.39, 0.29) is 51.4 Å². The Morgan fingerprint density at radius 1 is 1.37 bits per heavy atom. The molecule has 7 heteroatoms. The molecule has 1 amide bonds. The van der Waals surface area contributed by atoms with E-state index in [1.165, 1.54) is 6.21 Å². The molecule has 0 aliphatic rings. The number of amides is 1. The van der Waals surface area contributed by atoms with Gasteiger partial charge in [0.15, 0.2) is 0 Å². The van der Waals surface area contributed by atoms with Crippen molar-refractivity contribution in [2.75, 3.05) is 6.61 Å². The van der Waals surface area contributed by atoms with E-state index < -0.39 is 18.3 Å². The number of nitrogens with one attached hydrogen (secondary N) is 1. The van der Waals surface area contributed by atoms with Gasteiger partial charge in [-0.2, -0.15) is 5.10 Å². The monoisotopic (exact) mass is 288 g/mol. The quantitative estimate of drug-likeness (QED) is 0.257. The number of carbonyl (C=O) groups is 2. The molecule has 0 radical (unpaired) electrons. The first-order valence-corrected chi connectivity index (χ1v) is 5.36. The van der Waals surface area contributed by atoms with Gasteiger partial charge in [-0.3, -0.25) is 4.79 Å². The molecule has 0 aromatic heterocycles. The molecule has 0 bridgehead atoms. The van der Waals surface area contributed by atoms with Crippen LogP contribution in [-0.2, 0) is 9.59 Å². The van der Waals surface area contributed by atoms with Gasteiger partial charge in [0.25, 0.3) is 0 Å². The molecule has 0 aliphatic heterocycles. The molecule has 0 aliphatic carbocycles. The molecular weight excluding hydrogens is 275 g/mol. The number of nitrogens with zero attached hydrogens (tertiary/aromatic N) is 1. The zero-order valence-electron chi connectivity index (χ0n) is 10.9. The third-order valence-corrected chi connectivity index (χ3v) is 1.90. The summed E-state index contributed by atoms with van der Waals surface area (Å²) in [6, 6.07) is 7.07. The Morgan fingerprint density at radius 2 is 2.00 bits per heavy atom. The summed E-state index contributed by atoms with van der Waals surface area (Å²) in [5.41, 5.74) is 2.84. The SMILES string of the molecule is CCOc1ccc(/C=N/NC(=O)CC(=O)[O-])cc1.[K+]. The molecule has 1 aromatic rings. The molecule has 1 N–H and O–H groups in total. The Kier molecular flexibility index (Phi) is 9.71. The average Bonchev–Trinajstić information content (AvgIpc) is 2.31. The van der Waals surface area contributed by atoms with Gasteiger partial charge in [0.1, 0.15) is 5.75 Å². The second-order valence-corrected chi connectivity index (χ2v) is 3.34. The zero-order valence-corrected chi connectivity index (χ0v) is 14.0. The number of hydrazone groups is 1. The fourth-order valence-corrected chi connectivity index (χ4v) is 1.17. The number of hydrogen-bond acceptors (Lipinski definition) is 5. The summed E-state index contributed by atoms with van der Waals surface area (Å²) in [5.74, 6) is -1.42. The van der Waals surface area contributed by atoms with E-state index in [9.17, 15) is 14.7 Å². The molecule has 1 aromatic carbocycles. The van der Waals surface area contributed by atoms with Gasteiger partial charge in [-0.1, -0.05) is 0 Å². The minimum absolute atomic E-state index is 0. The molecule has 0 atom stereocenters. The summed E-state index contributed by atoms with van der Waals surface area (Å²) in [5, 5.41) is 13.7. The maximum atomic E-state index is 10.9. The van der Waals surface area contributed by atoms with Crippen LogP contribution in [0.15, 0.2) is 29.4 Å². The Labute approximate surface area is 153 Å². The number of ether oxygens (including phenoxy) is 1. The Balaban J connectivity index is 0.00000324. The third kappa shape index (κ3) is 8.12. The number of carbonyl (C=O) groups excluding carboxylic acids is 2. The predicted octanol–water partition coefficient (Wildman–Crippen LogP) is -3.32. The van der Waals surface area contributed by atoms with Crippen molar-refractivity contribution in [2.45, 2.75) is 13.3 Å². The van der Waals surface area contributed by atoms with Gasteiger partial charge in [0, 0.05) is 0 Å². The van der Waals surface area contributed by atoms with Gasteiger partial charge in [-0.15, -0.1) is 0 Å². The molecule has 0 spiro atoms. The van der Waals surface area contributed by atoms with Crippen LogP contribution in [0, 0.1) is 0 Å². The van der Waals surface area contributed by atoms with E-state index in [4.69, 9.17) is 4.74 Å². The molecular formula is C12H13KN2O4. The van der Waals surface area contributed by atoms with Crippen LogP contribution in [0.1, 0.15) is 18.9 Å². The summed E-state index contributed by atoms with van der Waals surface area (Å²) >= 11 is 0. The van der Waals surface area contributed by atoms with Crippen LogP contribution in [0.2, 0.25) is 0 Å². The van der Waals surface area contributed by atoms with Crippen molar-refractivity contribution in [2.24, 2.45) is 5.10 Å². The summed E-state index contributed by atoms with van der Waals surface area (Å²) in [7, 11) is 0. The van der Waals surface area contributed by atoms with Crippen LogP contribution < -0.4 is 66.7 Å². The van der Waals surface area contributed by atoms with Crippen molar-refractivity contribution in [3.8, 4) is 5.75 Å². The number of carboxylic acids is 1. The summed E-state index contributed by atoms with van der Waals surface area (Å²) in [6.45, 7) is 2.48. The Hall–Kier alpha value is -0.734. The first kappa shape index (κ1) is 18.3. The first-order chi connectivity index (χ1) is 8.61. The van der Waals surface area contributed by atoms with E-state index in [1.807, 2.05) is 6.92 Å². The first-order valence-electron chi connectivity index (χ1n) is 5.36. The third-order valence-electron chi connectivity index (χ3n) is 1.90. The van der Waals surface area contributed by atoms with Crippen molar-refractivity contribution in [3.05, 3.63) is 29.8 Å². The smallest absolute Gasteiger partial charge is 0.550 e. The second-order valence-electron chi connectivity index (χ2n) is 3.34. The molecule has 0 fully saturated rings. The van der Waals surface area contributed by atoms with E-state index in [2.05, 4.69) is 10.5 Å². The van der Waals surface area contributed by atoms with E-state index in [0.717, 1.165) is 11.3 Å². The predicted molar refractivity (Wildman–Crippen MR) is 63.0 cm³/mol. The summed E-state index contributed by atoms with van der Waals surface area (Å²) in [6.07, 6.45) is 0.698. The topological polar surface area (TPSA) is 90.8 Å². The van der Waals surface area contributed by atoms with E-state index >= 15 is 0 Å². The largest absolute Gasteiger partial charge is 1.00 e. The second kappa shape index (κ2) is 10.1. The van der Waals surface area contributed by atoms with Gasteiger partial charge in [-0.25, -0.2) is 5.43 Å². The zero-order chi connectivity index (χ0) is 13.4. The van der Waals surface area contributed by atoms with Crippen LogP contribution in [0.3, 0.4) is 0 Å². The van der Waals surface area contributed by atoms with Gasteiger partial charge in [0.05, 0.1) is 25.2 Å². The van der Waals surface area contributed by atoms with Gasteiger partial charge in [0.2, 0.25) is 5.91 Å². The maximum absolute atomic E-state index is 10.9. The van der Waals surface area contributed by atoms with Crippen LogP contribution >= 0.6 is 0 Å². The molecule has 0 saturated carbocycles. The van der Waals surface area contributed by atoms with Crippen LogP contribution in [0.25, 0.3) is 0 Å². The normalized spacial score (nSPS) is 9.74. The molecule has 6 nitrogen and oxygen atoms in total. The van der Waals surface area contributed by atoms with Crippen LogP contribution in [0.4, 0.5) is 0 Å².